The molecule has 17 heavy (non-hydrogen) atoms. The number of hydrogen-bond donors (Lipinski definition) is 2. The first-order chi connectivity index (χ1) is 8.26. The van der Waals surface area contributed by atoms with Crippen LogP contribution in [-0.4, -0.2) is 19.7 Å². The number of halogens is 1. The van der Waals surface area contributed by atoms with Gasteiger partial charge in [0, 0.05) is 5.56 Å². The van der Waals surface area contributed by atoms with Crippen LogP contribution >= 0.6 is 11.6 Å². The van der Waals surface area contributed by atoms with Crippen LogP contribution in [0, 0.1) is 0 Å². The molecular weight excluding hydrogens is 240 g/mol. The van der Waals surface area contributed by atoms with Gasteiger partial charge in [0.2, 0.25) is 0 Å². The third kappa shape index (κ3) is 2.37. The lowest BCUT2D eigenvalue weighted by atomic mass is 10.1. The smallest absolute Gasteiger partial charge is 0.162 e. The van der Waals surface area contributed by atoms with Gasteiger partial charge >= 0.3 is 0 Å². The van der Waals surface area contributed by atoms with E-state index in [9.17, 15) is 0 Å². The van der Waals surface area contributed by atoms with E-state index in [4.69, 9.17) is 17.4 Å². The average molecular weight is 253 g/mol. The van der Waals surface area contributed by atoms with Crippen molar-refractivity contribution in [2.45, 2.75) is 19.8 Å². The Labute approximate surface area is 104 Å². The standard InChI is InChI=1S/C10H13ClN6/c1-2-3-8-9(16-12)13-6-14-10(8)17-5-7(11)4-15-17/h4-6H,2-3,12H2,1H3,(H,13,14,16). The van der Waals surface area contributed by atoms with E-state index >= 15 is 0 Å². The van der Waals surface area contributed by atoms with Gasteiger partial charge in [0.05, 0.1) is 17.4 Å². The Morgan fingerprint density at radius 1 is 1.47 bits per heavy atom. The van der Waals surface area contributed by atoms with Crippen LogP contribution in [0.3, 0.4) is 0 Å². The molecule has 0 saturated carbocycles. The molecule has 7 heteroatoms. The Hall–Kier alpha value is -1.66. The second-order valence-electron chi connectivity index (χ2n) is 3.52. The lowest BCUT2D eigenvalue weighted by Gasteiger charge is -2.11. The molecule has 0 spiro atoms. The molecule has 0 aliphatic rings. The summed E-state index contributed by atoms with van der Waals surface area (Å²) in [5.41, 5.74) is 3.50. The van der Waals surface area contributed by atoms with Crippen LogP contribution < -0.4 is 11.3 Å². The number of hydrazine groups is 1. The van der Waals surface area contributed by atoms with Crippen LogP contribution in [0.2, 0.25) is 5.02 Å². The molecule has 0 fully saturated rings. The fourth-order valence-corrected chi connectivity index (χ4v) is 1.76. The van der Waals surface area contributed by atoms with E-state index in [1.807, 2.05) is 0 Å². The van der Waals surface area contributed by atoms with Crippen LogP contribution in [0.5, 0.6) is 0 Å². The zero-order valence-electron chi connectivity index (χ0n) is 9.39. The molecule has 3 N–H and O–H groups in total. The molecule has 0 saturated heterocycles. The normalized spacial score (nSPS) is 10.5. The summed E-state index contributed by atoms with van der Waals surface area (Å²) in [6, 6.07) is 0. The SMILES string of the molecule is CCCc1c(NN)ncnc1-n1cc(Cl)cn1. The fraction of sp³-hybridized carbons (Fsp3) is 0.300. The third-order valence-corrected chi connectivity index (χ3v) is 2.52. The number of anilines is 1. The first-order valence-electron chi connectivity index (χ1n) is 5.27. The van der Waals surface area contributed by atoms with Crippen molar-refractivity contribution in [1.82, 2.24) is 19.7 Å². The number of aromatic nitrogens is 4. The quantitative estimate of drug-likeness (QED) is 0.637. The molecule has 0 amide bonds. The minimum Gasteiger partial charge on any atom is -0.308 e. The molecular formula is C10H13ClN6. The molecule has 2 heterocycles. The van der Waals surface area contributed by atoms with Crippen LogP contribution in [0.15, 0.2) is 18.7 Å². The Kier molecular flexibility index (Phi) is 3.55. The molecule has 0 aliphatic carbocycles. The van der Waals surface area contributed by atoms with E-state index in [-0.39, 0.29) is 0 Å². The van der Waals surface area contributed by atoms with Crippen molar-refractivity contribution in [2.24, 2.45) is 5.84 Å². The van der Waals surface area contributed by atoms with Gasteiger partial charge in [-0.1, -0.05) is 24.9 Å². The summed E-state index contributed by atoms with van der Waals surface area (Å²) in [6.45, 7) is 2.08. The van der Waals surface area contributed by atoms with Crippen LogP contribution in [0.25, 0.3) is 5.82 Å². The van der Waals surface area contributed by atoms with E-state index < -0.39 is 0 Å². The largest absolute Gasteiger partial charge is 0.308 e. The Bertz CT molecular complexity index is 509. The predicted molar refractivity (Wildman–Crippen MR) is 66.0 cm³/mol. The summed E-state index contributed by atoms with van der Waals surface area (Å²) in [5.74, 6) is 6.75. The highest BCUT2D eigenvalue weighted by Crippen LogP contribution is 2.20. The van der Waals surface area contributed by atoms with Gasteiger partial charge < -0.3 is 5.43 Å². The summed E-state index contributed by atoms with van der Waals surface area (Å²) in [7, 11) is 0. The number of hydrogen-bond acceptors (Lipinski definition) is 5. The van der Waals surface area contributed by atoms with Crippen molar-refractivity contribution < 1.29 is 0 Å². The zero-order chi connectivity index (χ0) is 12.3. The van der Waals surface area contributed by atoms with E-state index in [1.54, 1.807) is 17.1 Å². The monoisotopic (exact) mass is 252 g/mol. The molecule has 0 unspecified atom stereocenters. The molecule has 2 rings (SSSR count). The van der Waals surface area contributed by atoms with Crippen molar-refractivity contribution in [3.05, 3.63) is 29.3 Å². The van der Waals surface area contributed by atoms with Gasteiger partial charge in [-0.3, -0.25) is 0 Å². The second-order valence-corrected chi connectivity index (χ2v) is 3.96. The van der Waals surface area contributed by atoms with Crippen molar-refractivity contribution in [3.63, 3.8) is 0 Å². The van der Waals surface area contributed by atoms with Gasteiger partial charge in [-0.25, -0.2) is 20.5 Å². The van der Waals surface area contributed by atoms with Crippen molar-refractivity contribution >= 4 is 17.4 Å². The van der Waals surface area contributed by atoms with Gasteiger partial charge in [0.1, 0.15) is 12.1 Å². The van der Waals surface area contributed by atoms with Gasteiger partial charge in [-0.05, 0) is 6.42 Å². The van der Waals surface area contributed by atoms with Crippen molar-refractivity contribution in [3.8, 4) is 5.82 Å². The highest BCUT2D eigenvalue weighted by molar-refractivity contribution is 6.30. The molecule has 6 nitrogen and oxygen atoms in total. The summed E-state index contributed by atoms with van der Waals surface area (Å²) in [4.78, 5) is 8.31. The molecule has 2 aromatic rings. The fourth-order valence-electron chi connectivity index (χ4n) is 1.62. The molecule has 90 valence electrons. The molecule has 0 aromatic carbocycles. The topological polar surface area (TPSA) is 81.6 Å². The number of nitrogens with one attached hydrogen (secondary N) is 1. The maximum atomic E-state index is 5.85. The minimum atomic E-state index is 0.563. The van der Waals surface area contributed by atoms with Gasteiger partial charge in [0.15, 0.2) is 5.82 Å². The lowest BCUT2D eigenvalue weighted by molar-refractivity contribution is 0.799. The molecule has 0 aliphatic heterocycles. The minimum absolute atomic E-state index is 0.563. The highest BCUT2D eigenvalue weighted by Gasteiger charge is 2.12. The van der Waals surface area contributed by atoms with Gasteiger partial charge in [0.25, 0.3) is 0 Å². The highest BCUT2D eigenvalue weighted by atomic mass is 35.5. The first-order valence-corrected chi connectivity index (χ1v) is 5.65. The summed E-state index contributed by atoms with van der Waals surface area (Å²) >= 11 is 5.85. The van der Waals surface area contributed by atoms with Crippen LogP contribution in [-0.2, 0) is 6.42 Å². The Morgan fingerprint density at radius 2 is 2.29 bits per heavy atom. The van der Waals surface area contributed by atoms with Gasteiger partial charge in [-0.15, -0.1) is 0 Å². The van der Waals surface area contributed by atoms with E-state index in [0.29, 0.717) is 16.7 Å². The maximum Gasteiger partial charge on any atom is 0.162 e. The van der Waals surface area contributed by atoms with E-state index in [1.165, 1.54) is 6.33 Å². The summed E-state index contributed by atoms with van der Waals surface area (Å²) < 4.78 is 1.62. The predicted octanol–water partition coefficient (Wildman–Crippen LogP) is 1.55. The zero-order valence-corrected chi connectivity index (χ0v) is 10.1. The lowest BCUT2D eigenvalue weighted by Crippen LogP contribution is -2.14. The summed E-state index contributed by atoms with van der Waals surface area (Å²) in [5, 5.41) is 4.69. The van der Waals surface area contributed by atoms with Crippen LogP contribution in [0.4, 0.5) is 5.82 Å². The number of nitrogens with two attached hydrogens (primary N) is 1. The molecule has 0 atom stereocenters. The van der Waals surface area contributed by atoms with Crippen molar-refractivity contribution in [1.29, 1.82) is 0 Å². The summed E-state index contributed by atoms with van der Waals surface area (Å²) in [6.07, 6.45) is 6.48. The van der Waals surface area contributed by atoms with Gasteiger partial charge in [-0.2, -0.15) is 5.10 Å². The molecule has 0 bridgehead atoms. The second kappa shape index (κ2) is 5.11. The Balaban J connectivity index is 2.52. The Morgan fingerprint density at radius 3 is 2.88 bits per heavy atom. The van der Waals surface area contributed by atoms with E-state index in [0.717, 1.165) is 18.4 Å². The number of nitrogens with zero attached hydrogens (tertiary/aromatic N) is 4. The first kappa shape index (κ1) is 11.8. The molecule has 0 radical (unpaired) electrons. The average Bonchev–Trinajstić information content (AvgIpc) is 2.76. The number of rotatable bonds is 4. The third-order valence-electron chi connectivity index (χ3n) is 2.33. The molecule has 2 aromatic heterocycles. The maximum absolute atomic E-state index is 5.85. The van der Waals surface area contributed by atoms with Crippen molar-refractivity contribution in [2.75, 3.05) is 5.43 Å². The van der Waals surface area contributed by atoms with Crippen LogP contribution in [0.1, 0.15) is 18.9 Å². The number of nitrogen functional groups attached to an aromatic ring is 1. The van der Waals surface area contributed by atoms with E-state index in [2.05, 4.69) is 27.4 Å².